The molecule has 2 N–H and O–H groups in total. The Bertz CT molecular complexity index is 1110. The molecule has 1 aromatic carbocycles. The molecular weight excluding hydrogens is 384 g/mol. The quantitative estimate of drug-likeness (QED) is 0.456. The lowest BCUT2D eigenvalue weighted by molar-refractivity contribution is -0.131. The summed E-state index contributed by atoms with van der Waals surface area (Å²) >= 11 is 0. The van der Waals surface area contributed by atoms with Gasteiger partial charge >= 0.3 is 5.97 Å². The van der Waals surface area contributed by atoms with Crippen LogP contribution in [0.25, 0.3) is 5.52 Å². The number of amides is 1. The molecule has 10 heteroatoms. The maximum atomic E-state index is 12.2. The van der Waals surface area contributed by atoms with Crippen molar-refractivity contribution in [3.05, 3.63) is 60.4 Å². The summed E-state index contributed by atoms with van der Waals surface area (Å²) in [6.45, 7) is 1.22. The number of hydrogen-bond acceptors (Lipinski definition) is 6. The number of ether oxygens (including phenoxy) is 1. The van der Waals surface area contributed by atoms with Crippen LogP contribution in [0.2, 0.25) is 0 Å². The van der Waals surface area contributed by atoms with Gasteiger partial charge in [-0.3, -0.25) is 14.3 Å². The topological polar surface area (TPSA) is 119 Å². The Morgan fingerprint density at radius 3 is 2.61 bits per heavy atom. The molecule has 3 rings (SSSR count). The number of aromatic nitrogens is 2. The number of benzene rings is 1. The number of pyridine rings is 1. The average molecular weight is 402 g/mol. The number of anilines is 1. The summed E-state index contributed by atoms with van der Waals surface area (Å²) in [6, 6.07) is 11.0. The first-order chi connectivity index (χ1) is 13.3. The van der Waals surface area contributed by atoms with Crippen LogP contribution < -0.4 is 14.8 Å². The molecule has 0 aliphatic rings. The highest BCUT2D eigenvalue weighted by atomic mass is 32.2. The standard InChI is InChI=1S/C18H18N4O5S/c1-13(23)27-17-4-2-14(3-5-17)18(24)19-9-11-28(25,26)21-15-7-10-22-16(12-15)6-8-20-22/h2-8,10,12,21H,9,11H2,1H3,(H,19,24). The van der Waals surface area contributed by atoms with E-state index in [1.807, 2.05) is 0 Å². The second-order valence-corrected chi connectivity index (χ2v) is 7.75. The molecule has 0 unspecified atom stereocenters. The normalized spacial score (nSPS) is 11.2. The van der Waals surface area contributed by atoms with E-state index in [1.165, 1.54) is 31.2 Å². The van der Waals surface area contributed by atoms with Gasteiger partial charge in [-0.1, -0.05) is 0 Å². The maximum Gasteiger partial charge on any atom is 0.308 e. The fraction of sp³-hybridized carbons (Fsp3) is 0.167. The van der Waals surface area contributed by atoms with Crippen molar-refractivity contribution >= 4 is 33.1 Å². The third-order valence-corrected chi connectivity index (χ3v) is 5.00. The van der Waals surface area contributed by atoms with E-state index < -0.39 is 21.9 Å². The van der Waals surface area contributed by atoms with Gasteiger partial charge in [-0.05, 0) is 42.5 Å². The van der Waals surface area contributed by atoms with E-state index in [0.29, 0.717) is 17.0 Å². The number of hydrogen-bond donors (Lipinski definition) is 2. The maximum absolute atomic E-state index is 12.2. The van der Waals surface area contributed by atoms with Crippen LogP contribution in [-0.2, 0) is 14.8 Å². The molecule has 0 fully saturated rings. The SMILES string of the molecule is CC(=O)Oc1ccc(C(=O)NCCS(=O)(=O)Nc2ccn3nccc3c2)cc1. The van der Waals surface area contributed by atoms with Crippen molar-refractivity contribution in [1.82, 2.24) is 14.9 Å². The monoisotopic (exact) mass is 402 g/mol. The molecule has 0 atom stereocenters. The molecule has 9 nitrogen and oxygen atoms in total. The van der Waals surface area contributed by atoms with Crippen LogP contribution in [0.15, 0.2) is 54.9 Å². The van der Waals surface area contributed by atoms with Gasteiger partial charge in [0.25, 0.3) is 5.91 Å². The number of carbonyl (C=O) groups is 2. The predicted molar refractivity (Wildman–Crippen MR) is 103 cm³/mol. The number of sulfonamides is 1. The molecule has 0 saturated carbocycles. The molecule has 1 amide bonds. The van der Waals surface area contributed by atoms with Crippen molar-refractivity contribution in [2.24, 2.45) is 0 Å². The summed E-state index contributed by atoms with van der Waals surface area (Å²) in [5.41, 5.74) is 1.50. The summed E-state index contributed by atoms with van der Waals surface area (Å²) in [4.78, 5) is 23.0. The fourth-order valence-corrected chi connectivity index (χ4v) is 3.42. The molecule has 0 spiro atoms. The van der Waals surface area contributed by atoms with Gasteiger partial charge in [0.2, 0.25) is 10.0 Å². The lowest BCUT2D eigenvalue weighted by Gasteiger charge is -2.09. The average Bonchev–Trinajstić information content (AvgIpc) is 3.09. The molecule has 0 aliphatic carbocycles. The molecule has 2 heterocycles. The van der Waals surface area contributed by atoms with Gasteiger partial charge < -0.3 is 10.1 Å². The first kappa shape index (κ1) is 19.4. The molecule has 0 bridgehead atoms. The highest BCUT2D eigenvalue weighted by Crippen LogP contribution is 2.14. The van der Waals surface area contributed by atoms with Crippen LogP contribution >= 0.6 is 0 Å². The molecule has 3 aromatic rings. The zero-order valence-electron chi connectivity index (χ0n) is 15.0. The van der Waals surface area contributed by atoms with Gasteiger partial charge in [-0.15, -0.1) is 0 Å². The summed E-state index contributed by atoms with van der Waals surface area (Å²) in [5.74, 6) is -0.840. The van der Waals surface area contributed by atoms with Gasteiger partial charge in [0.05, 0.1) is 17.0 Å². The van der Waals surface area contributed by atoms with Crippen molar-refractivity contribution in [1.29, 1.82) is 0 Å². The minimum Gasteiger partial charge on any atom is -0.427 e. The largest absolute Gasteiger partial charge is 0.427 e. The number of fused-ring (bicyclic) bond motifs is 1. The Kier molecular flexibility index (Phi) is 5.59. The van der Waals surface area contributed by atoms with E-state index >= 15 is 0 Å². The number of nitrogens with zero attached hydrogens (tertiary/aromatic N) is 2. The van der Waals surface area contributed by atoms with E-state index in [1.54, 1.807) is 35.1 Å². The number of esters is 1. The van der Waals surface area contributed by atoms with E-state index in [2.05, 4.69) is 15.1 Å². The van der Waals surface area contributed by atoms with Crippen LogP contribution in [0.1, 0.15) is 17.3 Å². The van der Waals surface area contributed by atoms with E-state index in [-0.39, 0.29) is 12.3 Å². The summed E-state index contributed by atoms with van der Waals surface area (Å²) in [7, 11) is -3.64. The minimum atomic E-state index is -3.64. The molecule has 28 heavy (non-hydrogen) atoms. The Morgan fingerprint density at radius 1 is 1.14 bits per heavy atom. The van der Waals surface area contributed by atoms with Crippen LogP contribution in [-0.4, -0.2) is 42.2 Å². The van der Waals surface area contributed by atoms with E-state index in [0.717, 1.165) is 5.52 Å². The Hall–Kier alpha value is -3.40. The van der Waals surface area contributed by atoms with Crippen LogP contribution in [0.4, 0.5) is 5.69 Å². The summed E-state index contributed by atoms with van der Waals surface area (Å²) < 4.78 is 33.4. The second-order valence-electron chi connectivity index (χ2n) is 5.91. The smallest absolute Gasteiger partial charge is 0.308 e. The van der Waals surface area contributed by atoms with Gasteiger partial charge in [0, 0.05) is 31.4 Å². The number of rotatable bonds is 7. The lowest BCUT2D eigenvalue weighted by atomic mass is 10.2. The number of carbonyl (C=O) groups excluding carboxylic acids is 2. The fourth-order valence-electron chi connectivity index (χ4n) is 2.46. The first-order valence-corrected chi connectivity index (χ1v) is 9.98. The third kappa shape index (κ3) is 5.07. The Labute approximate surface area is 161 Å². The van der Waals surface area contributed by atoms with E-state index in [9.17, 15) is 18.0 Å². The van der Waals surface area contributed by atoms with Crippen LogP contribution in [0.3, 0.4) is 0 Å². The number of nitrogens with one attached hydrogen (secondary N) is 2. The van der Waals surface area contributed by atoms with E-state index in [4.69, 9.17) is 4.74 Å². The molecule has 0 saturated heterocycles. The lowest BCUT2D eigenvalue weighted by Crippen LogP contribution is -2.31. The first-order valence-electron chi connectivity index (χ1n) is 8.33. The molecular formula is C18H18N4O5S. The predicted octanol–water partition coefficient (Wildman–Crippen LogP) is 1.43. The Balaban J connectivity index is 1.52. The molecule has 146 valence electrons. The third-order valence-electron chi connectivity index (χ3n) is 3.71. The van der Waals surface area contributed by atoms with Crippen molar-refractivity contribution < 1.29 is 22.7 Å². The van der Waals surface area contributed by atoms with Gasteiger partial charge in [-0.2, -0.15) is 5.10 Å². The summed E-state index contributed by atoms with van der Waals surface area (Å²) in [5, 5.41) is 6.59. The molecule has 0 aliphatic heterocycles. The van der Waals surface area contributed by atoms with Crippen molar-refractivity contribution in [3.8, 4) is 5.75 Å². The summed E-state index contributed by atoms with van der Waals surface area (Å²) in [6.07, 6.45) is 3.26. The molecule has 2 aromatic heterocycles. The highest BCUT2D eigenvalue weighted by molar-refractivity contribution is 7.92. The zero-order valence-corrected chi connectivity index (χ0v) is 15.8. The van der Waals surface area contributed by atoms with Crippen LogP contribution in [0, 0.1) is 0 Å². The minimum absolute atomic E-state index is 0.0607. The molecule has 0 radical (unpaired) electrons. The van der Waals surface area contributed by atoms with Crippen LogP contribution in [0.5, 0.6) is 5.75 Å². The zero-order chi connectivity index (χ0) is 20.1. The van der Waals surface area contributed by atoms with Crippen molar-refractivity contribution in [2.75, 3.05) is 17.0 Å². The highest BCUT2D eigenvalue weighted by Gasteiger charge is 2.13. The second kappa shape index (κ2) is 8.09. The van der Waals surface area contributed by atoms with Gasteiger partial charge in [-0.25, -0.2) is 12.9 Å². The van der Waals surface area contributed by atoms with Crippen molar-refractivity contribution in [2.45, 2.75) is 6.92 Å². The van der Waals surface area contributed by atoms with Gasteiger partial charge in [0.1, 0.15) is 5.75 Å². The Morgan fingerprint density at radius 2 is 1.89 bits per heavy atom. The van der Waals surface area contributed by atoms with Gasteiger partial charge in [0.15, 0.2) is 0 Å². The van der Waals surface area contributed by atoms with Crippen molar-refractivity contribution in [3.63, 3.8) is 0 Å².